The third kappa shape index (κ3) is 6.00. The van der Waals surface area contributed by atoms with E-state index in [1.54, 1.807) is 38.1 Å². The number of ether oxygens (including phenoxy) is 2. The standard InChI is InChI=1S/C26H26N2O9/c1-14-5-9-16(10-6-14)25(34)36-20(23(31)27(3)18-13-19(29)28(4)22(18)30)21(24(32)33)37-26(35)17-11-7-15(2)8-12-17/h5-12,18,20-21H,13H2,1-4H3,(H,32,33). The van der Waals surface area contributed by atoms with Gasteiger partial charge in [0, 0.05) is 14.1 Å². The molecule has 0 aliphatic carbocycles. The van der Waals surface area contributed by atoms with Crippen molar-refractivity contribution in [2.75, 3.05) is 14.1 Å². The lowest BCUT2D eigenvalue weighted by Crippen LogP contribution is -2.54. The van der Waals surface area contributed by atoms with Gasteiger partial charge in [-0.15, -0.1) is 0 Å². The summed E-state index contributed by atoms with van der Waals surface area (Å²) in [4.78, 5) is 77.2. The third-order valence-electron chi connectivity index (χ3n) is 5.98. The molecule has 3 rings (SSSR count). The predicted molar refractivity (Wildman–Crippen MR) is 127 cm³/mol. The Morgan fingerprint density at radius 1 is 0.865 bits per heavy atom. The summed E-state index contributed by atoms with van der Waals surface area (Å²) in [6, 6.07) is 10.9. The molecule has 11 nitrogen and oxygen atoms in total. The number of hydrogen-bond acceptors (Lipinski definition) is 8. The number of aryl methyl sites for hydroxylation is 2. The van der Waals surface area contributed by atoms with Gasteiger partial charge in [-0.3, -0.25) is 19.3 Å². The fourth-order valence-corrected chi connectivity index (χ4v) is 3.62. The van der Waals surface area contributed by atoms with Gasteiger partial charge in [0.1, 0.15) is 6.04 Å². The minimum absolute atomic E-state index is 0.0134. The Hall–Kier alpha value is -4.54. The molecule has 0 radical (unpaired) electrons. The topological polar surface area (TPSA) is 148 Å². The van der Waals surface area contributed by atoms with Gasteiger partial charge >= 0.3 is 17.9 Å². The molecule has 3 unspecified atom stereocenters. The van der Waals surface area contributed by atoms with E-state index in [0.717, 1.165) is 20.9 Å². The van der Waals surface area contributed by atoms with E-state index in [0.29, 0.717) is 0 Å². The van der Waals surface area contributed by atoms with Gasteiger partial charge in [-0.2, -0.15) is 0 Å². The predicted octanol–water partition coefficient (Wildman–Crippen LogP) is 1.35. The van der Waals surface area contributed by atoms with Crippen molar-refractivity contribution in [2.45, 2.75) is 38.5 Å². The van der Waals surface area contributed by atoms with E-state index in [4.69, 9.17) is 9.47 Å². The van der Waals surface area contributed by atoms with Crippen LogP contribution in [0.3, 0.4) is 0 Å². The smallest absolute Gasteiger partial charge is 0.349 e. The highest BCUT2D eigenvalue weighted by Crippen LogP contribution is 2.21. The highest BCUT2D eigenvalue weighted by Gasteiger charge is 2.47. The van der Waals surface area contributed by atoms with Crippen molar-refractivity contribution in [2.24, 2.45) is 0 Å². The molecule has 1 saturated heterocycles. The molecular weight excluding hydrogens is 484 g/mol. The summed E-state index contributed by atoms with van der Waals surface area (Å²) in [6.07, 6.45) is -4.74. The molecule has 0 bridgehead atoms. The van der Waals surface area contributed by atoms with E-state index in [1.807, 2.05) is 0 Å². The molecule has 3 amide bonds. The Morgan fingerprint density at radius 2 is 1.30 bits per heavy atom. The molecule has 1 aliphatic rings. The normalized spacial score (nSPS) is 16.6. The second-order valence-electron chi connectivity index (χ2n) is 8.68. The van der Waals surface area contributed by atoms with Crippen molar-refractivity contribution >= 4 is 35.6 Å². The zero-order valence-electron chi connectivity index (χ0n) is 20.7. The molecule has 3 atom stereocenters. The maximum Gasteiger partial charge on any atom is 0.349 e. The van der Waals surface area contributed by atoms with Gasteiger partial charge < -0.3 is 19.5 Å². The zero-order valence-corrected chi connectivity index (χ0v) is 20.7. The van der Waals surface area contributed by atoms with Gasteiger partial charge in [-0.25, -0.2) is 14.4 Å². The minimum atomic E-state index is -2.25. The number of carbonyl (C=O) groups is 6. The van der Waals surface area contributed by atoms with Crippen LogP contribution in [0.2, 0.25) is 0 Å². The lowest BCUT2D eigenvalue weighted by atomic mass is 10.1. The average Bonchev–Trinajstić information content (AvgIpc) is 3.12. The van der Waals surface area contributed by atoms with Crippen molar-refractivity contribution in [3.8, 4) is 0 Å². The summed E-state index contributed by atoms with van der Waals surface area (Å²) in [5, 5.41) is 9.87. The highest BCUT2D eigenvalue weighted by atomic mass is 16.6. The lowest BCUT2D eigenvalue weighted by Gasteiger charge is -2.29. The van der Waals surface area contributed by atoms with Crippen LogP contribution in [-0.4, -0.2) is 82.9 Å². The van der Waals surface area contributed by atoms with Crippen molar-refractivity contribution in [3.05, 3.63) is 70.8 Å². The van der Waals surface area contributed by atoms with Crippen LogP contribution in [0.4, 0.5) is 0 Å². The highest BCUT2D eigenvalue weighted by molar-refractivity contribution is 6.07. The lowest BCUT2D eigenvalue weighted by molar-refractivity contribution is -0.164. The number of hydrogen-bond donors (Lipinski definition) is 1. The Labute approximate surface area is 212 Å². The first-order valence-electron chi connectivity index (χ1n) is 11.3. The van der Waals surface area contributed by atoms with Crippen LogP contribution in [0.25, 0.3) is 0 Å². The third-order valence-corrected chi connectivity index (χ3v) is 5.98. The second kappa shape index (κ2) is 11.0. The Morgan fingerprint density at radius 3 is 1.68 bits per heavy atom. The molecule has 2 aromatic carbocycles. The van der Waals surface area contributed by atoms with Gasteiger partial charge in [0.15, 0.2) is 0 Å². The van der Waals surface area contributed by atoms with E-state index >= 15 is 0 Å². The van der Waals surface area contributed by atoms with Gasteiger partial charge in [-0.1, -0.05) is 35.4 Å². The van der Waals surface area contributed by atoms with Crippen LogP contribution < -0.4 is 0 Å². The van der Waals surface area contributed by atoms with Crippen LogP contribution in [0.15, 0.2) is 48.5 Å². The van der Waals surface area contributed by atoms with Gasteiger partial charge in [0.05, 0.1) is 17.5 Å². The molecule has 0 saturated carbocycles. The number of imide groups is 1. The molecule has 37 heavy (non-hydrogen) atoms. The first-order valence-corrected chi connectivity index (χ1v) is 11.3. The van der Waals surface area contributed by atoms with Crippen LogP contribution in [-0.2, 0) is 28.7 Å². The van der Waals surface area contributed by atoms with Crippen LogP contribution >= 0.6 is 0 Å². The molecule has 11 heteroatoms. The Balaban J connectivity index is 1.94. The number of amides is 3. The molecule has 194 valence electrons. The zero-order chi connectivity index (χ0) is 27.4. The number of benzene rings is 2. The van der Waals surface area contributed by atoms with Gasteiger partial charge in [-0.05, 0) is 38.1 Å². The molecule has 2 aromatic rings. The maximum atomic E-state index is 13.4. The summed E-state index contributed by atoms with van der Waals surface area (Å²) >= 11 is 0. The number of carboxylic acid groups (broad SMARTS) is 1. The molecular formula is C26H26N2O9. The largest absolute Gasteiger partial charge is 0.478 e. The van der Waals surface area contributed by atoms with Crippen molar-refractivity contribution in [1.29, 1.82) is 0 Å². The summed E-state index contributed by atoms with van der Waals surface area (Å²) in [7, 11) is 2.42. The fraction of sp³-hybridized carbons (Fsp3) is 0.308. The number of likely N-dealkylation sites (N-methyl/N-ethyl adjacent to an activating group) is 2. The number of rotatable bonds is 8. The Bertz CT molecular complexity index is 1240. The number of likely N-dealkylation sites (tertiary alicyclic amines) is 1. The molecule has 1 heterocycles. The van der Waals surface area contributed by atoms with Crippen LogP contribution in [0.5, 0.6) is 0 Å². The number of carboxylic acids is 1. The summed E-state index contributed by atoms with van der Waals surface area (Å²) in [6.45, 7) is 3.58. The maximum absolute atomic E-state index is 13.4. The van der Waals surface area contributed by atoms with Gasteiger partial charge in [0.2, 0.25) is 18.1 Å². The molecule has 1 N–H and O–H groups in total. The van der Waals surface area contributed by atoms with Crippen molar-refractivity contribution < 1.29 is 43.3 Å². The second-order valence-corrected chi connectivity index (χ2v) is 8.68. The first kappa shape index (κ1) is 27.1. The average molecular weight is 510 g/mol. The molecule has 1 aliphatic heterocycles. The SMILES string of the molecule is Cc1ccc(C(=O)OC(C(=O)O)C(OC(=O)c2ccc(C)cc2)C(=O)N(C)C2CC(=O)N(C)C2=O)cc1. The minimum Gasteiger partial charge on any atom is -0.478 e. The monoisotopic (exact) mass is 510 g/mol. The summed E-state index contributed by atoms with van der Waals surface area (Å²) < 4.78 is 10.4. The molecule has 0 spiro atoms. The first-order chi connectivity index (χ1) is 17.4. The quantitative estimate of drug-likeness (QED) is 0.410. The number of aliphatic carboxylic acids is 1. The summed E-state index contributed by atoms with van der Waals surface area (Å²) in [5.74, 6) is -6.22. The van der Waals surface area contributed by atoms with E-state index in [9.17, 15) is 33.9 Å². The van der Waals surface area contributed by atoms with Crippen molar-refractivity contribution in [3.63, 3.8) is 0 Å². The van der Waals surface area contributed by atoms with E-state index in [2.05, 4.69) is 0 Å². The molecule has 0 aromatic heterocycles. The van der Waals surface area contributed by atoms with Crippen LogP contribution in [0, 0.1) is 13.8 Å². The van der Waals surface area contributed by atoms with E-state index in [-0.39, 0.29) is 17.5 Å². The van der Waals surface area contributed by atoms with E-state index < -0.39 is 53.9 Å². The molecule has 1 fully saturated rings. The number of nitrogens with zero attached hydrogens (tertiary/aromatic N) is 2. The fourth-order valence-electron chi connectivity index (χ4n) is 3.62. The summed E-state index contributed by atoms with van der Waals surface area (Å²) in [5.41, 5.74) is 1.72. The van der Waals surface area contributed by atoms with Crippen LogP contribution in [0.1, 0.15) is 38.3 Å². The Kier molecular flexibility index (Phi) is 8.06. The number of carbonyl (C=O) groups excluding carboxylic acids is 5. The van der Waals surface area contributed by atoms with E-state index in [1.165, 1.54) is 38.4 Å². The van der Waals surface area contributed by atoms with Crippen molar-refractivity contribution in [1.82, 2.24) is 9.80 Å². The van der Waals surface area contributed by atoms with Gasteiger partial charge in [0.25, 0.3) is 11.8 Å². The number of esters is 2.